The fourth-order valence-electron chi connectivity index (χ4n) is 7.58. The Morgan fingerprint density at radius 3 is 2.40 bits per heavy atom. The summed E-state index contributed by atoms with van der Waals surface area (Å²) in [5.74, 6) is -5.22. The molecular formula is C23H29FO6. The molecule has 0 heterocycles. The summed E-state index contributed by atoms with van der Waals surface area (Å²) in [6.07, 6.45) is 3.23. The Kier molecular flexibility index (Phi) is 4.35. The number of halogens is 1. The van der Waals surface area contributed by atoms with Crippen molar-refractivity contribution in [3.8, 4) is 0 Å². The molecule has 164 valence electrons. The largest absolute Gasteiger partial charge is 0.475 e. The number of hydrogen-bond acceptors (Lipinski definition) is 5. The molecule has 4 aliphatic rings. The van der Waals surface area contributed by atoms with Gasteiger partial charge >= 0.3 is 5.97 Å². The van der Waals surface area contributed by atoms with Gasteiger partial charge in [0.05, 0.1) is 6.10 Å². The van der Waals surface area contributed by atoms with Crippen LogP contribution in [-0.2, 0) is 14.4 Å². The summed E-state index contributed by atoms with van der Waals surface area (Å²) >= 11 is 0. The summed E-state index contributed by atoms with van der Waals surface area (Å²) in [4.78, 5) is 36.1. The predicted octanol–water partition coefficient (Wildman–Crippen LogP) is 2.23. The van der Waals surface area contributed by atoms with Gasteiger partial charge in [0.25, 0.3) is 5.78 Å². The summed E-state index contributed by atoms with van der Waals surface area (Å²) in [6.45, 7) is 6.85. The molecule has 0 bridgehead atoms. The van der Waals surface area contributed by atoms with Crippen molar-refractivity contribution in [2.45, 2.75) is 64.3 Å². The number of aliphatic hydroxyl groups excluding tert-OH is 1. The Labute approximate surface area is 174 Å². The second kappa shape index (κ2) is 6.10. The topological polar surface area (TPSA) is 112 Å². The first-order chi connectivity index (χ1) is 13.7. The first kappa shape index (κ1) is 21.4. The van der Waals surface area contributed by atoms with Crippen molar-refractivity contribution in [3.05, 3.63) is 23.8 Å². The van der Waals surface area contributed by atoms with E-state index in [9.17, 15) is 29.7 Å². The van der Waals surface area contributed by atoms with Gasteiger partial charge in [0.15, 0.2) is 11.5 Å². The number of alkyl halides is 1. The molecule has 0 saturated heterocycles. The van der Waals surface area contributed by atoms with E-state index in [-0.39, 0.29) is 18.1 Å². The summed E-state index contributed by atoms with van der Waals surface area (Å²) in [5.41, 5.74) is -6.08. The van der Waals surface area contributed by atoms with Crippen LogP contribution in [0.5, 0.6) is 0 Å². The van der Waals surface area contributed by atoms with Gasteiger partial charge < -0.3 is 15.3 Å². The minimum Gasteiger partial charge on any atom is -0.475 e. The molecule has 4 rings (SSSR count). The normalized spacial score (nSPS) is 52.2. The van der Waals surface area contributed by atoms with Crippen LogP contribution in [0.25, 0.3) is 0 Å². The van der Waals surface area contributed by atoms with Crippen molar-refractivity contribution in [2.24, 2.45) is 34.5 Å². The lowest BCUT2D eigenvalue weighted by molar-refractivity contribution is -0.223. The van der Waals surface area contributed by atoms with E-state index in [1.807, 2.05) is 6.92 Å². The number of ketones is 2. The zero-order chi connectivity index (χ0) is 22.4. The Bertz CT molecular complexity index is 909. The van der Waals surface area contributed by atoms with Gasteiger partial charge in [-0.15, -0.1) is 0 Å². The average Bonchev–Trinajstić information content (AvgIpc) is 2.86. The zero-order valence-electron chi connectivity index (χ0n) is 17.7. The monoisotopic (exact) mass is 420 g/mol. The number of carbonyl (C=O) groups excluding carboxylic acids is 2. The zero-order valence-corrected chi connectivity index (χ0v) is 17.7. The van der Waals surface area contributed by atoms with Crippen LogP contribution in [-0.4, -0.2) is 50.2 Å². The number of carboxylic acids is 1. The Morgan fingerprint density at radius 2 is 1.80 bits per heavy atom. The van der Waals surface area contributed by atoms with Gasteiger partial charge in [0, 0.05) is 16.7 Å². The Morgan fingerprint density at radius 1 is 1.17 bits per heavy atom. The number of aliphatic hydroxyl groups is 2. The smallest absolute Gasteiger partial charge is 0.375 e. The maximum atomic E-state index is 17.0. The average molecular weight is 420 g/mol. The number of rotatable bonds is 2. The third-order valence-corrected chi connectivity index (χ3v) is 9.09. The molecule has 0 amide bonds. The van der Waals surface area contributed by atoms with Crippen LogP contribution >= 0.6 is 0 Å². The molecule has 7 heteroatoms. The summed E-state index contributed by atoms with van der Waals surface area (Å²) in [5, 5.41) is 31.9. The van der Waals surface area contributed by atoms with E-state index in [1.54, 1.807) is 26.8 Å². The molecule has 0 spiro atoms. The van der Waals surface area contributed by atoms with Crippen LogP contribution in [0, 0.1) is 34.5 Å². The van der Waals surface area contributed by atoms with Crippen LogP contribution in [0.4, 0.5) is 4.39 Å². The van der Waals surface area contributed by atoms with Crippen LogP contribution in [0.15, 0.2) is 23.8 Å². The van der Waals surface area contributed by atoms with E-state index >= 15 is 4.39 Å². The van der Waals surface area contributed by atoms with Crippen molar-refractivity contribution < 1.29 is 34.1 Å². The standard InChI is InChI=1S/C23H29FO6/c1-11-7-16-15-8-12(2)23(30,18(27)19(28)29)21(15,4)10-17(26)22(16,24)20(3)6-5-13(25)9-14(11)20/h5-6,9,11-12,15-17,26,30H,7-8,10H2,1-4H3,(H,28,29)/t11-,12+,15-,16-,17-,20-,21-,22-,23-/m0/s1. The molecule has 0 aromatic heterocycles. The SMILES string of the molecule is C[C@@H]1C[C@H]2[C@@H]3C[C@H](C)C4=CC(=O)C=C[C@]4(C)[C@@]3(F)[C@@H](O)C[C@]2(C)[C@@]1(O)C(=O)C(=O)O. The highest BCUT2D eigenvalue weighted by Crippen LogP contribution is 2.71. The molecule has 0 radical (unpaired) electrons. The fraction of sp³-hybridized carbons (Fsp3) is 0.696. The first-order valence-corrected chi connectivity index (χ1v) is 10.6. The van der Waals surface area contributed by atoms with E-state index in [0.29, 0.717) is 18.4 Å². The third kappa shape index (κ3) is 2.18. The number of carboxylic acid groups (broad SMARTS) is 1. The van der Waals surface area contributed by atoms with E-state index in [4.69, 9.17) is 0 Å². The van der Waals surface area contributed by atoms with Crippen molar-refractivity contribution in [1.82, 2.24) is 0 Å². The van der Waals surface area contributed by atoms with Crippen molar-refractivity contribution in [2.75, 3.05) is 0 Å². The maximum Gasteiger partial charge on any atom is 0.375 e. The van der Waals surface area contributed by atoms with Gasteiger partial charge in [0.2, 0.25) is 0 Å². The van der Waals surface area contributed by atoms with E-state index < -0.39 is 57.7 Å². The molecule has 3 N–H and O–H groups in total. The third-order valence-electron chi connectivity index (χ3n) is 9.09. The molecule has 3 saturated carbocycles. The predicted molar refractivity (Wildman–Crippen MR) is 105 cm³/mol. The second-order valence-corrected chi connectivity index (χ2v) is 10.3. The van der Waals surface area contributed by atoms with Gasteiger partial charge in [-0.3, -0.25) is 9.59 Å². The van der Waals surface area contributed by atoms with E-state index in [0.717, 1.165) is 0 Å². The molecule has 6 nitrogen and oxygen atoms in total. The van der Waals surface area contributed by atoms with Gasteiger partial charge in [-0.2, -0.15) is 0 Å². The van der Waals surface area contributed by atoms with Gasteiger partial charge in [0.1, 0.15) is 5.60 Å². The molecule has 9 atom stereocenters. The van der Waals surface area contributed by atoms with Crippen molar-refractivity contribution in [3.63, 3.8) is 0 Å². The minimum absolute atomic E-state index is 0.133. The molecule has 30 heavy (non-hydrogen) atoms. The van der Waals surface area contributed by atoms with E-state index in [1.165, 1.54) is 12.2 Å². The Balaban J connectivity index is 1.87. The highest BCUT2D eigenvalue weighted by molar-refractivity contribution is 6.36. The summed E-state index contributed by atoms with van der Waals surface area (Å²) < 4.78 is 17.0. The lowest BCUT2D eigenvalue weighted by Gasteiger charge is -2.63. The lowest BCUT2D eigenvalue weighted by atomic mass is 9.43. The maximum absolute atomic E-state index is 17.0. The molecule has 0 unspecified atom stereocenters. The van der Waals surface area contributed by atoms with Crippen LogP contribution in [0.3, 0.4) is 0 Å². The first-order valence-electron chi connectivity index (χ1n) is 10.6. The lowest BCUT2D eigenvalue weighted by Crippen LogP contribution is -2.70. The number of carbonyl (C=O) groups is 3. The minimum atomic E-state index is -2.18. The highest BCUT2D eigenvalue weighted by atomic mass is 19.1. The summed E-state index contributed by atoms with van der Waals surface area (Å²) in [7, 11) is 0. The van der Waals surface area contributed by atoms with Crippen LogP contribution in [0.2, 0.25) is 0 Å². The number of hydrogen-bond donors (Lipinski definition) is 3. The molecule has 3 fully saturated rings. The highest BCUT2D eigenvalue weighted by Gasteiger charge is 2.76. The second-order valence-electron chi connectivity index (χ2n) is 10.3. The molecular weight excluding hydrogens is 391 g/mol. The Hall–Kier alpha value is -1.86. The fourth-order valence-corrected chi connectivity index (χ4v) is 7.58. The quantitative estimate of drug-likeness (QED) is 0.591. The van der Waals surface area contributed by atoms with E-state index in [2.05, 4.69) is 0 Å². The number of allylic oxidation sites excluding steroid dienone is 4. The molecule has 0 aromatic rings. The molecule has 0 aromatic carbocycles. The number of fused-ring (bicyclic) bond motifs is 5. The van der Waals surface area contributed by atoms with Crippen LogP contribution in [0.1, 0.15) is 47.0 Å². The van der Waals surface area contributed by atoms with Crippen LogP contribution < -0.4 is 0 Å². The van der Waals surface area contributed by atoms with Gasteiger partial charge in [-0.1, -0.05) is 32.4 Å². The molecule has 4 aliphatic carbocycles. The van der Waals surface area contributed by atoms with Gasteiger partial charge in [-0.05, 0) is 56.1 Å². The van der Waals surface area contributed by atoms with Crippen molar-refractivity contribution >= 4 is 17.5 Å². The number of aliphatic carboxylic acids is 1. The van der Waals surface area contributed by atoms with Gasteiger partial charge in [-0.25, -0.2) is 9.18 Å². The van der Waals surface area contributed by atoms with Crippen molar-refractivity contribution in [1.29, 1.82) is 0 Å². The molecule has 0 aliphatic heterocycles. The summed E-state index contributed by atoms with van der Waals surface area (Å²) in [6, 6.07) is 0. The number of Topliss-reactive ketones (excluding diaryl/α,β-unsaturated/α-hetero) is 1.